The molecule has 0 fully saturated rings. The standard InChI is InChI=1S/C33H58NO8P/c1-3-5-7-9-11-12-13-14-15-16-17-18-20-22-24-26-33(36)42-31(30-41-43(37,38)40-28-27-34)29-39-32(35)25-23-21-19-10-8-6-4-2/h5,7,9,11-15,31H,3-4,6,8,10,16-30,34H2,1-2H3,(H,37,38)/b7-5+,11-9+,13-12+,15-14+/t31-/m1/s1. The number of carbonyl (C=O) groups is 2. The van der Waals surface area contributed by atoms with Gasteiger partial charge in [-0.05, 0) is 32.1 Å². The van der Waals surface area contributed by atoms with Crippen molar-refractivity contribution in [3.8, 4) is 0 Å². The number of phosphoric ester groups is 1. The molecular weight excluding hydrogens is 569 g/mol. The van der Waals surface area contributed by atoms with Crippen molar-refractivity contribution < 1.29 is 37.6 Å². The van der Waals surface area contributed by atoms with Crippen molar-refractivity contribution in [1.29, 1.82) is 0 Å². The topological polar surface area (TPSA) is 134 Å². The van der Waals surface area contributed by atoms with E-state index < -0.39 is 32.5 Å². The molecule has 0 saturated heterocycles. The second kappa shape index (κ2) is 30.0. The van der Waals surface area contributed by atoms with Gasteiger partial charge in [-0.2, -0.15) is 0 Å². The summed E-state index contributed by atoms with van der Waals surface area (Å²) < 4.78 is 32.4. The molecule has 10 heteroatoms. The largest absolute Gasteiger partial charge is 0.472 e. The van der Waals surface area contributed by atoms with Gasteiger partial charge >= 0.3 is 19.8 Å². The highest BCUT2D eigenvalue weighted by Crippen LogP contribution is 2.43. The van der Waals surface area contributed by atoms with Gasteiger partial charge in [-0.1, -0.05) is 120 Å². The van der Waals surface area contributed by atoms with Gasteiger partial charge in [0, 0.05) is 19.4 Å². The van der Waals surface area contributed by atoms with Gasteiger partial charge in [0.2, 0.25) is 0 Å². The minimum absolute atomic E-state index is 0.0474. The Balaban J connectivity index is 4.34. The zero-order valence-electron chi connectivity index (χ0n) is 26.7. The summed E-state index contributed by atoms with van der Waals surface area (Å²) in [5, 5.41) is 0. The molecule has 0 radical (unpaired) electrons. The maximum absolute atomic E-state index is 12.4. The van der Waals surface area contributed by atoms with Crippen LogP contribution in [0.25, 0.3) is 0 Å². The fourth-order valence-electron chi connectivity index (χ4n) is 3.94. The molecular formula is C33H58NO8P. The van der Waals surface area contributed by atoms with Crippen molar-refractivity contribution in [2.45, 2.75) is 123 Å². The fourth-order valence-corrected chi connectivity index (χ4v) is 4.70. The summed E-state index contributed by atoms with van der Waals surface area (Å²) in [6.45, 7) is 3.47. The lowest BCUT2D eigenvalue weighted by atomic mass is 10.1. The molecule has 0 saturated carbocycles. The molecule has 9 nitrogen and oxygen atoms in total. The Bertz CT molecular complexity index is 856. The van der Waals surface area contributed by atoms with Gasteiger partial charge < -0.3 is 20.1 Å². The number of unbranched alkanes of at least 4 members (excludes halogenated alkanes) is 11. The molecule has 0 aromatic rings. The summed E-state index contributed by atoms with van der Waals surface area (Å²) in [6.07, 6.45) is 30.2. The summed E-state index contributed by atoms with van der Waals surface area (Å²) in [4.78, 5) is 34.4. The van der Waals surface area contributed by atoms with Crippen LogP contribution in [0.4, 0.5) is 0 Å². The summed E-state index contributed by atoms with van der Waals surface area (Å²) in [6, 6.07) is 0. The molecule has 248 valence electrons. The Kier molecular flexibility index (Phi) is 28.6. The highest BCUT2D eigenvalue weighted by molar-refractivity contribution is 7.47. The molecule has 0 spiro atoms. The number of ether oxygens (including phenoxy) is 2. The lowest BCUT2D eigenvalue weighted by Gasteiger charge is -2.19. The monoisotopic (exact) mass is 627 g/mol. The van der Waals surface area contributed by atoms with Crippen LogP contribution in [0.2, 0.25) is 0 Å². The maximum Gasteiger partial charge on any atom is 0.472 e. The van der Waals surface area contributed by atoms with E-state index >= 15 is 0 Å². The Morgan fingerprint density at radius 3 is 1.91 bits per heavy atom. The predicted molar refractivity (Wildman–Crippen MR) is 173 cm³/mol. The second-order valence-corrected chi connectivity index (χ2v) is 11.8. The smallest absolute Gasteiger partial charge is 0.462 e. The Hall–Kier alpha value is -2.03. The molecule has 1 unspecified atom stereocenters. The summed E-state index contributed by atoms with van der Waals surface area (Å²) in [7, 11) is -4.37. The molecule has 43 heavy (non-hydrogen) atoms. The molecule has 0 bridgehead atoms. The zero-order chi connectivity index (χ0) is 31.9. The van der Waals surface area contributed by atoms with Crippen molar-refractivity contribution in [2.24, 2.45) is 5.73 Å². The quantitative estimate of drug-likeness (QED) is 0.0366. The fraction of sp³-hybridized carbons (Fsp3) is 0.697. The van der Waals surface area contributed by atoms with Crippen LogP contribution in [0.5, 0.6) is 0 Å². The van der Waals surface area contributed by atoms with Crippen LogP contribution in [0.1, 0.15) is 117 Å². The van der Waals surface area contributed by atoms with E-state index in [0.29, 0.717) is 6.42 Å². The highest BCUT2D eigenvalue weighted by Gasteiger charge is 2.25. The minimum Gasteiger partial charge on any atom is -0.462 e. The molecule has 0 aliphatic rings. The van der Waals surface area contributed by atoms with E-state index in [1.165, 1.54) is 19.3 Å². The maximum atomic E-state index is 12.4. The number of nitrogens with two attached hydrogens (primary N) is 1. The van der Waals surface area contributed by atoms with Crippen molar-refractivity contribution in [3.05, 3.63) is 48.6 Å². The van der Waals surface area contributed by atoms with Crippen LogP contribution in [0, 0.1) is 0 Å². The second-order valence-electron chi connectivity index (χ2n) is 10.4. The lowest BCUT2D eigenvalue weighted by Crippen LogP contribution is -2.29. The Labute approximate surface area is 260 Å². The van der Waals surface area contributed by atoms with E-state index in [2.05, 4.69) is 32.1 Å². The molecule has 2 atom stereocenters. The lowest BCUT2D eigenvalue weighted by molar-refractivity contribution is -0.161. The van der Waals surface area contributed by atoms with Crippen LogP contribution in [-0.4, -0.2) is 49.3 Å². The van der Waals surface area contributed by atoms with Crippen LogP contribution in [0.15, 0.2) is 48.6 Å². The molecule has 0 amide bonds. The van der Waals surface area contributed by atoms with Crippen LogP contribution in [-0.2, 0) is 32.7 Å². The molecule has 0 rings (SSSR count). The molecule has 0 aliphatic heterocycles. The third-order valence-corrected chi connectivity index (χ3v) is 7.31. The van der Waals surface area contributed by atoms with E-state index in [0.717, 1.165) is 64.2 Å². The first-order valence-corrected chi connectivity index (χ1v) is 17.7. The van der Waals surface area contributed by atoms with Gasteiger partial charge in [0.1, 0.15) is 6.61 Å². The number of allylic oxidation sites excluding steroid dienone is 8. The third-order valence-electron chi connectivity index (χ3n) is 6.32. The van der Waals surface area contributed by atoms with E-state index in [9.17, 15) is 19.0 Å². The van der Waals surface area contributed by atoms with E-state index in [4.69, 9.17) is 24.3 Å². The van der Waals surface area contributed by atoms with Gasteiger partial charge in [0.05, 0.1) is 13.2 Å². The zero-order valence-corrected chi connectivity index (χ0v) is 27.6. The first-order chi connectivity index (χ1) is 20.8. The van der Waals surface area contributed by atoms with E-state index in [-0.39, 0.29) is 32.6 Å². The average molecular weight is 628 g/mol. The first kappa shape index (κ1) is 41.0. The first-order valence-electron chi connectivity index (χ1n) is 16.2. The van der Waals surface area contributed by atoms with Crippen LogP contribution in [0.3, 0.4) is 0 Å². The van der Waals surface area contributed by atoms with Gasteiger partial charge in [-0.25, -0.2) is 4.57 Å². The minimum atomic E-state index is -4.37. The predicted octanol–water partition coefficient (Wildman–Crippen LogP) is 8.04. The van der Waals surface area contributed by atoms with Gasteiger partial charge in [0.15, 0.2) is 6.10 Å². The Morgan fingerprint density at radius 2 is 1.28 bits per heavy atom. The molecule has 0 aliphatic carbocycles. The van der Waals surface area contributed by atoms with Gasteiger partial charge in [-0.3, -0.25) is 18.6 Å². The van der Waals surface area contributed by atoms with Crippen LogP contribution < -0.4 is 5.73 Å². The van der Waals surface area contributed by atoms with Crippen LogP contribution >= 0.6 is 7.82 Å². The summed E-state index contributed by atoms with van der Waals surface area (Å²) in [5.74, 6) is -0.870. The molecule has 3 N–H and O–H groups in total. The third kappa shape index (κ3) is 29.8. The van der Waals surface area contributed by atoms with Gasteiger partial charge in [-0.15, -0.1) is 0 Å². The van der Waals surface area contributed by atoms with Crippen molar-refractivity contribution >= 4 is 19.8 Å². The molecule has 0 aromatic carbocycles. The normalized spacial score (nSPS) is 14.2. The van der Waals surface area contributed by atoms with E-state index in [1.807, 2.05) is 30.4 Å². The summed E-state index contributed by atoms with van der Waals surface area (Å²) in [5.41, 5.74) is 5.30. The van der Waals surface area contributed by atoms with Crippen molar-refractivity contribution in [3.63, 3.8) is 0 Å². The SMILES string of the molecule is CC/C=C/C=C/C=C/C=C/CCCCCCCC(=O)O[C@H](COC(=O)CCCCCCCCC)COP(=O)(O)OCCN. The Morgan fingerprint density at radius 1 is 0.721 bits per heavy atom. The summed E-state index contributed by atoms with van der Waals surface area (Å²) >= 11 is 0. The highest BCUT2D eigenvalue weighted by atomic mass is 31.2. The number of phosphoric acid groups is 1. The molecule has 0 heterocycles. The number of carbonyl (C=O) groups excluding carboxylic acids is 2. The number of hydrogen-bond acceptors (Lipinski definition) is 8. The number of rotatable bonds is 29. The number of hydrogen-bond donors (Lipinski definition) is 2. The average Bonchev–Trinajstić information content (AvgIpc) is 2.99. The van der Waals surface area contributed by atoms with Crippen molar-refractivity contribution in [1.82, 2.24) is 0 Å². The number of esters is 2. The van der Waals surface area contributed by atoms with E-state index in [1.54, 1.807) is 0 Å². The van der Waals surface area contributed by atoms with Gasteiger partial charge in [0.25, 0.3) is 0 Å². The van der Waals surface area contributed by atoms with Crippen molar-refractivity contribution in [2.75, 3.05) is 26.4 Å². The molecule has 0 aromatic heterocycles.